The van der Waals surface area contributed by atoms with Gasteiger partial charge in [-0.1, -0.05) is 307 Å². The van der Waals surface area contributed by atoms with Crippen LogP contribution in [-0.2, 0) is 11.8 Å². The molecule has 0 aliphatic heterocycles. The molecule has 95 heavy (non-hydrogen) atoms. The van der Waals surface area contributed by atoms with Crippen LogP contribution in [0.2, 0.25) is 0 Å². The summed E-state index contributed by atoms with van der Waals surface area (Å²) in [4.78, 5) is 2.43. The number of fused-ring (bicyclic) bond motifs is 9. The molecule has 0 saturated carbocycles. The maximum atomic E-state index is 2.63. The van der Waals surface area contributed by atoms with E-state index in [1.807, 2.05) is 0 Å². The zero-order valence-corrected chi connectivity index (χ0v) is 58.0. The standard InChI is InChI=1S/C92H103N3/c1-6-9-12-14-16-18-20-22-24-31-62-92(63-32-25-23-21-19-17-15-13-10-7-2)86-64-69(5)40-58-80(86)81-59-47-73(65-87(81)92)71-43-53-76(54-44-71)93(75-49-38-68(4)39-50-75)77-55-45-72(46-56-77)74-48-60-84-82-34-28-30-37-89(82)95(90(84)66-74)79-57-61-85-83-35-27-29-36-88(83)94(91(85)67-79)78-51-41-70(42-52-78)33-26-11-8-3/h27-30,34-61,64-67H,6-26,31-33,62-63H2,1-5H3. The van der Waals surface area contributed by atoms with Crippen LogP contribution in [-0.4, -0.2) is 9.13 Å². The average molecular weight is 1250 g/mol. The van der Waals surface area contributed by atoms with Crippen LogP contribution in [0.25, 0.3) is 88.4 Å². The SMILES string of the molecule is CCCCCCCCCCCCC1(CCCCCCCCCCCC)c2cc(C)ccc2-c2ccc(-c3ccc(N(c4ccc(C)cc4)c4ccc(-c5ccc6c7ccccc7n(-c7ccc8c9ccccc9n(-c9ccc(CCCCC)cc9)c8c7)c6c5)cc4)cc3)cc21. The van der Waals surface area contributed by atoms with Crippen molar-refractivity contribution in [3.63, 3.8) is 0 Å². The van der Waals surface area contributed by atoms with Gasteiger partial charge in [0.15, 0.2) is 0 Å². The monoisotopic (exact) mass is 1250 g/mol. The van der Waals surface area contributed by atoms with Crippen molar-refractivity contribution in [2.24, 2.45) is 0 Å². The number of unbranched alkanes of at least 4 members (excludes halogenated alkanes) is 20. The molecule has 2 aromatic heterocycles. The lowest BCUT2D eigenvalue weighted by molar-refractivity contribution is 0.397. The molecule has 0 N–H and O–H groups in total. The molecule has 1 aliphatic carbocycles. The Kier molecular flexibility index (Phi) is 21.3. The predicted molar refractivity (Wildman–Crippen MR) is 413 cm³/mol. The third-order valence-corrected chi connectivity index (χ3v) is 21.5. The Morgan fingerprint density at radius 2 is 0.684 bits per heavy atom. The van der Waals surface area contributed by atoms with Crippen LogP contribution < -0.4 is 4.90 Å². The first kappa shape index (κ1) is 65.3. The molecule has 3 nitrogen and oxygen atoms in total. The topological polar surface area (TPSA) is 13.1 Å². The first-order valence-electron chi connectivity index (χ1n) is 37.3. The van der Waals surface area contributed by atoms with Crippen LogP contribution in [0.4, 0.5) is 17.1 Å². The number of nitrogens with zero attached hydrogens (tertiary/aromatic N) is 3. The summed E-state index contributed by atoms with van der Waals surface area (Å²) in [6.45, 7) is 11.4. The number of benzene rings is 10. The second kappa shape index (κ2) is 31.0. The Hall–Kier alpha value is -8.40. The fourth-order valence-electron chi connectivity index (χ4n) is 16.2. The maximum Gasteiger partial charge on any atom is 0.0561 e. The first-order valence-corrected chi connectivity index (χ1v) is 37.3. The van der Waals surface area contributed by atoms with Crippen LogP contribution in [0.3, 0.4) is 0 Å². The molecule has 0 unspecified atom stereocenters. The highest BCUT2D eigenvalue weighted by Gasteiger charge is 2.42. The van der Waals surface area contributed by atoms with Gasteiger partial charge >= 0.3 is 0 Å². The second-order valence-electron chi connectivity index (χ2n) is 28.3. The molecule has 486 valence electrons. The summed E-state index contributed by atoms with van der Waals surface area (Å²) in [5.74, 6) is 0. The Morgan fingerprint density at radius 1 is 0.295 bits per heavy atom. The molecule has 0 radical (unpaired) electrons. The maximum absolute atomic E-state index is 2.63. The van der Waals surface area contributed by atoms with E-state index in [9.17, 15) is 0 Å². The van der Waals surface area contributed by atoms with Crippen molar-refractivity contribution >= 4 is 60.7 Å². The third-order valence-electron chi connectivity index (χ3n) is 21.5. The summed E-state index contributed by atoms with van der Waals surface area (Å²) in [5, 5.41) is 5.05. The van der Waals surface area contributed by atoms with E-state index < -0.39 is 0 Å². The summed E-state index contributed by atoms with van der Waals surface area (Å²) < 4.78 is 4.96. The van der Waals surface area contributed by atoms with Crippen molar-refractivity contribution in [2.75, 3.05) is 4.90 Å². The molecule has 0 atom stereocenters. The lowest BCUT2D eigenvalue weighted by Crippen LogP contribution is -2.25. The largest absolute Gasteiger partial charge is 0.311 e. The summed E-state index contributed by atoms with van der Waals surface area (Å²) in [6.07, 6.45) is 34.7. The average Bonchev–Trinajstić information content (AvgIpc) is 1.58. The molecule has 0 bridgehead atoms. The fraction of sp³-hybridized carbons (Fsp3) is 0.348. The highest BCUT2D eigenvalue weighted by atomic mass is 15.1. The van der Waals surface area contributed by atoms with E-state index in [2.05, 4.69) is 267 Å². The van der Waals surface area contributed by atoms with Gasteiger partial charge in [0, 0.05) is 55.4 Å². The van der Waals surface area contributed by atoms with Gasteiger partial charge in [0.1, 0.15) is 0 Å². The zero-order valence-electron chi connectivity index (χ0n) is 58.0. The van der Waals surface area contributed by atoms with Crippen molar-refractivity contribution < 1.29 is 0 Å². The number of para-hydroxylation sites is 2. The van der Waals surface area contributed by atoms with Crippen LogP contribution in [0, 0.1) is 13.8 Å². The molecule has 0 saturated heterocycles. The molecule has 1 aliphatic rings. The quantitative estimate of drug-likeness (QED) is 0.0374. The van der Waals surface area contributed by atoms with Crippen molar-refractivity contribution in [3.05, 3.63) is 246 Å². The molecule has 13 rings (SSSR count). The van der Waals surface area contributed by atoms with Crippen LogP contribution in [0.15, 0.2) is 218 Å². The molecular formula is C92H103N3. The molecule has 3 heteroatoms. The fourth-order valence-corrected chi connectivity index (χ4v) is 16.2. The van der Waals surface area contributed by atoms with Gasteiger partial charge < -0.3 is 14.0 Å². The van der Waals surface area contributed by atoms with Gasteiger partial charge in [-0.05, 0) is 175 Å². The number of hydrogen-bond acceptors (Lipinski definition) is 1. The Bertz CT molecular complexity index is 4450. The molecule has 0 spiro atoms. The zero-order chi connectivity index (χ0) is 64.9. The minimum atomic E-state index is 0.0326. The van der Waals surface area contributed by atoms with Crippen LogP contribution in [0.1, 0.15) is 209 Å². The molecule has 2 heterocycles. The molecule has 0 fully saturated rings. The Labute approximate surface area is 569 Å². The lowest BCUT2D eigenvalue weighted by atomic mass is 9.70. The van der Waals surface area contributed by atoms with Gasteiger partial charge in [0.05, 0.1) is 22.1 Å². The molecule has 10 aromatic carbocycles. The van der Waals surface area contributed by atoms with Crippen molar-refractivity contribution in [2.45, 2.75) is 207 Å². The van der Waals surface area contributed by atoms with Crippen molar-refractivity contribution in [3.8, 4) is 44.8 Å². The number of aromatic nitrogens is 2. The minimum Gasteiger partial charge on any atom is -0.311 e. The Balaban J connectivity index is 0.792. The van der Waals surface area contributed by atoms with E-state index in [0.29, 0.717) is 0 Å². The number of anilines is 3. The van der Waals surface area contributed by atoms with Crippen molar-refractivity contribution in [1.29, 1.82) is 0 Å². The lowest BCUT2D eigenvalue weighted by Gasteiger charge is -2.33. The summed E-state index contributed by atoms with van der Waals surface area (Å²) >= 11 is 0. The van der Waals surface area contributed by atoms with E-state index in [-0.39, 0.29) is 5.41 Å². The van der Waals surface area contributed by atoms with Gasteiger partial charge in [-0.2, -0.15) is 0 Å². The van der Waals surface area contributed by atoms with Gasteiger partial charge in [0.25, 0.3) is 0 Å². The first-order chi connectivity index (χ1) is 46.8. The summed E-state index contributed by atoms with van der Waals surface area (Å²) in [6, 6.07) is 84.0. The highest BCUT2D eigenvalue weighted by Crippen LogP contribution is 2.55. The third kappa shape index (κ3) is 14.3. The normalized spacial score (nSPS) is 12.6. The van der Waals surface area contributed by atoms with Gasteiger partial charge in [0.2, 0.25) is 0 Å². The van der Waals surface area contributed by atoms with E-state index in [0.717, 1.165) is 29.2 Å². The number of aryl methyl sites for hydroxylation is 3. The van der Waals surface area contributed by atoms with E-state index in [4.69, 9.17) is 0 Å². The second-order valence-corrected chi connectivity index (χ2v) is 28.3. The minimum absolute atomic E-state index is 0.0326. The van der Waals surface area contributed by atoms with Crippen LogP contribution in [0.5, 0.6) is 0 Å². The number of rotatable bonds is 33. The molecule has 0 amide bonds. The highest BCUT2D eigenvalue weighted by molar-refractivity contribution is 6.12. The summed E-state index contributed by atoms with van der Waals surface area (Å²) in [5.41, 5.74) is 25.8. The van der Waals surface area contributed by atoms with E-state index in [1.54, 1.807) is 11.1 Å². The van der Waals surface area contributed by atoms with Gasteiger partial charge in [-0.3, -0.25) is 0 Å². The predicted octanol–water partition coefficient (Wildman–Crippen LogP) is 27.9. The van der Waals surface area contributed by atoms with Crippen molar-refractivity contribution in [1.82, 2.24) is 9.13 Å². The number of hydrogen-bond donors (Lipinski definition) is 0. The summed E-state index contributed by atoms with van der Waals surface area (Å²) in [7, 11) is 0. The van der Waals surface area contributed by atoms with E-state index >= 15 is 0 Å². The molecular weight excluding hydrogens is 1150 g/mol. The van der Waals surface area contributed by atoms with E-state index in [1.165, 1.54) is 260 Å². The van der Waals surface area contributed by atoms with Gasteiger partial charge in [-0.15, -0.1) is 0 Å². The molecule has 12 aromatic rings. The van der Waals surface area contributed by atoms with Crippen LogP contribution >= 0.6 is 0 Å². The smallest absolute Gasteiger partial charge is 0.0561 e. The Morgan fingerprint density at radius 3 is 1.23 bits per heavy atom. The van der Waals surface area contributed by atoms with Gasteiger partial charge in [-0.25, -0.2) is 0 Å².